The van der Waals surface area contributed by atoms with E-state index in [9.17, 15) is 5.11 Å². The number of benzene rings is 1. The minimum absolute atomic E-state index is 0.230. The molecule has 2 atom stereocenters. The standard InChI is InChI=1S/C12H16O/c1-8-3-5-10-9(2)4-6-12(13)11(10)7-8/h3,5,7,9,12-13H,4,6H2,1-2H3/t9?,12-/m0/s1. The highest BCUT2D eigenvalue weighted by Gasteiger charge is 2.22. The van der Waals surface area contributed by atoms with Crippen LogP contribution in [0.1, 0.15) is 48.5 Å². The minimum atomic E-state index is -0.230. The summed E-state index contributed by atoms with van der Waals surface area (Å²) in [5.74, 6) is 0.610. The molecule has 0 heterocycles. The second kappa shape index (κ2) is 3.15. The van der Waals surface area contributed by atoms with Crippen LogP contribution in [0.4, 0.5) is 0 Å². The van der Waals surface area contributed by atoms with Gasteiger partial charge in [0.25, 0.3) is 0 Å². The lowest BCUT2D eigenvalue weighted by atomic mass is 9.82. The number of hydrogen-bond donors (Lipinski definition) is 1. The van der Waals surface area contributed by atoms with Gasteiger partial charge in [-0.25, -0.2) is 0 Å². The normalized spacial score (nSPS) is 27.0. The lowest BCUT2D eigenvalue weighted by molar-refractivity contribution is 0.151. The molecule has 1 aromatic rings. The quantitative estimate of drug-likeness (QED) is 0.644. The Morgan fingerprint density at radius 3 is 2.77 bits per heavy atom. The molecule has 1 aliphatic rings. The van der Waals surface area contributed by atoms with Crippen LogP contribution in [0.15, 0.2) is 18.2 Å². The monoisotopic (exact) mass is 176 g/mol. The Kier molecular flexibility index (Phi) is 2.12. The Hall–Kier alpha value is -0.820. The Balaban J connectivity index is 2.50. The van der Waals surface area contributed by atoms with E-state index in [0.717, 1.165) is 18.4 Å². The van der Waals surface area contributed by atoms with E-state index in [0.29, 0.717) is 5.92 Å². The average Bonchev–Trinajstić information content (AvgIpc) is 2.12. The van der Waals surface area contributed by atoms with E-state index in [4.69, 9.17) is 0 Å². The largest absolute Gasteiger partial charge is 0.388 e. The molecular weight excluding hydrogens is 160 g/mol. The van der Waals surface area contributed by atoms with Crippen molar-refractivity contribution < 1.29 is 5.11 Å². The molecule has 0 bridgehead atoms. The van der Waals surface area contributed by atoms with Gasteiger partial charge in [-0.05, 0) is 36.8 Å². The molecular formula is C12H16O. The summed E-state index contributed by atoms with van der Waals surface area (Å²) in [6.45, 7) is 4.31. The van der Waals surface area contributed by atoms with Gasteiger partial charge in [-0.3, -0.25) is 0 Å². The van der Waals surface area contributed by atoms with Crippen molar-refractivity contribution in [3.63, 3.8) is 0 Å². The number of hydrogen-bond acceptors (Lipinski definition) is 1. The summed E-state index contributed by atoms with van der Waals surface area (Å²) >= 11 is 0. The van der Waals surface area contributed by atoms with Gasteiger partial charge >= 0.3 is 0 Å². The maximum Gasteiger partial charge on any atom is 0.0793 e. The second-order valence-electron chi connectivity index (χ2n) is 4.13. The van der Waals surface area contributed by atoms with E-state index in [1.54, 1.807) is 0 Å². The lowest BCUT2D eigenvalue weighted by Crippen LogP contribution is -2.12. The Labute approximate surface area is 79.4 Å². The molecule has 1 aliphatic carbocycles. The first kappa shape index (κ1) is 8.76. The van der Waals surface area contributed by atoms with E-state index in [-0.39, 0.29) is 6.10 Å². The van der Waals surface area contributed by atoms with Crippen LogP contribution in [0.3, 0.4) is 0 Å². The highest BCUT2D eigenvalue weighted by Crippen LogP contribution is 2.37. The number of aliphatic hydroxyl groups is 1. The van der Waals surface area contributed by atoms with E-state index in [2.05, 4.69) is 32.0 Å². The van der Waals surface area contributed by atoms with Gasteiger partial charge in [0.15, 0.2) is 0 Å². The van der Waals surface area contributed by atoms with E-state index in [1.165, 1.54) is 11.1 Å². The first-order valence-corrected chi connectivity index (χ1v) is 4.97. The number of aryl methyl sites for hydroxylation is 1. The van der Waals surface area contributed by atoms with Crippen LogP contribution >= 0.6 is 0 Å². The van der Waals surface area contributed by atoms with E-state index in [1.807, 2.05) is 0 Å². The van der Waals surface area contributed by atoms with Gasteiger partial charge in [-0.2, -0.15) is 0 Å². The zero-order valence-corrected chi connectivity index (χ0v) is 8.25. The van der Waals surface area contributed by atoms with Crippen LogP contribution in [-0.2, 0) is 0 Å². The first-order chi connectivity index (χ1) is 6.18. The third kappa shape index (κ3) is 1.49. The summed E-state index contributed by atoms with van der Waals surface area (Å²) in [7, 11) is 0. The molecule has 0 amide bonds. The average molecular weight is 176 g/mol. The third-order valence-electron chi connectivity index (χ3n) is 3.01. The van der Waals surface area contributed by atoms with Gasteiger partial charge in [0.05, 0.1) is 6.10 Å². The summed E-state index contributed by atoms with van der Waals surface area (Å²) in [5, 5.41) is 9.80. The number of aliphatic hydroxyl groups excluding tert-OH is 1. The Morgan fingerprint density at radius 2 is 2.00 bits per heavy atom. The van der Waals surface area contributed by atoms with Crippen LogP contribution in [0.25, 0.3) is 0 Å². The van der Waals surface area contributed by atoms with Crippen molar-refractivity contribution in [1.82, 2.24) is 0 Å². The maximum atomic E-state index is 9.80. The van der Waals surface area contributed by atoms with Crippen molar-refractivity contribution in [2.75, 3.05) is 0 Å². The van der Waals surface area contributed by atoms with Crippen molar-refractivity contribution in [3.8, 4) is 0 Å². The molecule has 1 N–H and O–H groups in total. The number of fused-ring (bicyclic) bond motifs is 1. The predicted molar refractivity (Wildman–Crippen MR) is 53.8 cm³/mol. The molecule has 13 heavy (non-hydrogen) atoms. The second-order valence-corrected chi connectivity index (χ2v) is 4.13. The molecule has 0 aromatic heterocycles. The summed E-state index contributed by atoms with van der Waals surface area (Å²) in [6.07, 6.45) is 1.79. The van der Waals surface area contributed by atoms with Crippen LogP contribution in [0.2, 0.25) is 0 Å². The van der Waals surface area contributed by atoms with Crippen molar-refractivity contribution in [3.05, 3.63) is 34.9 Å². The fraction of sp³-hybridized carbons (Fsp3) is 0.500. The third-order valence-corrected chi connectivity index (χ3v) is 3.01. The van der Waals surface area contributed by atoms with Crippen LogP contribution in [0.5, 0.6) is 0 Å². The zero-order valence-electron chi connectivity index (χ0n) is 8.25. The summed E-state index contributed by atoms with van der Waals surface area (Å²) in [5.41, 5.74) is 3.73. The van der Waals surface area contributed by atoms with E-state index >= 15 is 0 Å². The zero-order chi connectivity index (χ0) is 9.42. The SMILES string of the molecule is Cc1ccc2c(c1)[C@@H](O)CCC2C. The van der Waals surface area contributed by atoms with Crippen molar-refractivity contribution >= 4 is 0 Å². The molecule has 1 nitrogen and oxygen atoms in total. The van der Waals surface area contributed by atoms with Crippen molar-refractivity contribution in [2.24, 2.45) is 0 Å². The molecule has 0 spiro atoms. The molecule has 1 unspecified atom stereocenters. The summed E-state index contributed by atoms with van der Waals surface area (Å²) in [4.78, 5) is 0. The van der Waals surface area contributed by atoms with Gasteiger partial charge in [0.2, 0.25) is 0 Å². The molecule has 0 saturated heterocycles. The topological polar surface area (TPSA) is 20.2 Å². The first-order valence-electron chi connectivity index (χ1n) is 4.97. The van der Waals surface area contributed by atoms with Gasteiger partial charge in [-0.1, -0.05) is 30.7 Å². The van der Waals surface area contributed by atoms with Gasteiger partial charge in [-0.15, -0.1) is 0 Å². The van der Waals surface area contributed by atoms with Crippen molar-refractivity contribution in [1.29, 1.82) is 0 Å². The highest BCUT2D eigenvalue weighted by atomic mass is 16.3. The van der Waals surface area contributed by atoms with Crippen LogP contribution in [0, 0.1) is 6.92 Å². The number of rotatable bonds is 0. The van der Waals surface area contributed by atoms with Gasteiger partial charge in [0.1, 0.15) is 0 Å². The molecule has 1 aromatic carbocycles. The molecule has 0 saturated carbocycles. The fourth-order valence-corrected chi connectivity index (χ4v) is 2.15. The fourth-order valence-electron chi connectivity index (χ4n) is 2.15. The highest BCUT2D eigenvalue weighted by molar-refractivity contribution is 5.37. The van der Waals surface area contributed by atoms with Crippen LogP contribution in [-0.4, -0.2) is 5.11 Å². The Morgan fingerprint density at radius 1 is 1.23 bits per heavy atom. The van der Waals surface area contributed by atoms with Crippen molar-refractivity contribution in [2.45, 2.75) is 38.7 Å². The molecule has 1 heteroatoms. The molecule has 0 radical (unpaired) electrons. The molecule has 0 aliphatic heterocycles. The van der Waals surface area contributed by atoms with Gasteiger partial charge in [0, 0.05) is 0 Å². The lowest BCUT2D eigenvalue weighted by Gasteiger charge is -2.26. The molecule has 2 rings (SSSR count). The molecule has 70 valence electrons. The van der Waals surface area contributed by atoms with E-state index < -0.39 is 0 Å². The predicted octanol–water partition coefficient (Wildman–Crippen LogP) is 2.93. The van der Waals surface area contributed by atoms with Crippen LogP contribution < -0.4 is 0 Å². The molecule has 0 fully saturated rings. The minimum Gasteiger partial charge on any atom is -0.388 e. The summed E-state index contributed by atoms with van der Waals surface area (Å²) in [6, 6.07) is 6.42. The summed E-state index contributed by atoms with van der Waals surface area (Å²) < 4.78 is 0. The van der Waals surface area contributed by atoms with Gasteiger partial charge < -0.3 is 5.11 Å². The smallest absolute Gasteiger partial charge is 0.0793 e. The Bertz CT molecular complexity index is 317. The maximum absolute atomic E-state index is 9.80.